The van der Waals surface area contributed by atoms with Gasteiger partial charge in [-0.25, -0.2) is 0 Å². The Labute approximate surface area is 111 Å². The first-order valence-electron chi connectivity index (χ1n) is 7.73. The SMILES string of the molecule is C=CC1CCC2OC2C1.CCC1CCC2OC2C1. The van der Waals surface area contributed by atoms with Gasteiger partial charge < -0.3 is 9.47 Å². The van der Waals surface area contributed by atoms with Gasteiger partial charge in [0.1, 0.15) is 0 Å². The summed E-state index contributed by atoms with van der Waals surface area (Å²) in [5, 5.41) is 0. The minimum absolute atomic E-state index is 0.613. The standard InChI is InChI=1S/C8H14O.C8H12O/c2*1-2-6-3-4-7-8(5-6)9-7/h6-8H,2-5H2,1H3;2,6-8H,1,3-5H2. The second-order valence-electron chi connectivity index (χ2n) is 6.32. The van der Waals surface area contributed by atoms with Crippen LogP contribution in [0, 0.1) is 11.8 Å². The first-order chi connectivity index (χ1) is 8.80. The lowest BCUT2D eigenvalue weighted by atomic mass is 9.88. The van der Waals surface area contributed by atoms with Crippen LogP contribution >= 0.6 is 0 Å². The zero-order valence-electron chi connectivity index (χ0n) is 11.5. The van der Waals surface area contributed by atoms with E-state index < -0.39 is 0 Å². The normalized spacial score (nSPS) is 48.1. The second kappa shape index (κ2) is 5.34. The van der Waals surface area contributed by atoms with Crippen LogP contribution in [0.1, 0.15) is 51.9 Å². The van der Waals surface area contributed by atoms with E-state index in [-0.39, 0.29) is 0 Å². The topological polar surface area (TPSA) is 25.1 Å². The highest BCUT2D eigenvalue weighted by molar-refractivity contribution is 4.96. The third-order valence-electron chi connectivity index (χ3n) is 5.07. The zero-order chi connectivity index (χ0) is 12.5. The van der Waals surface area contributed by atoms with Crippen molar-refractivity contribution in [2.75, 3.05) is 0 Å². The van der Waals surface area contributed by atoms with E-state index >= 15 is 0 Å². The van der Waals surface area contributed by atoms with E-state index in [0.717, 1.165) is 11.8 Å². The third kappa shape index (κ3) is 2.97. The largest absolute Gasteiger partial charge is 0.370 e. The molecular weight excluding hydrogens is 224 g/mol. The van der Waals surface area contributed by atoms with Crippen molar-refractivity contribution in [2.45, 2.75) is 76.3 Å². The van der Waals surface area contributed by atoms with Crippen LogP contribution in [0.3, 0.4) is 0 Å². The Balaban J connectivity index is 0.000000111. The number of allylic oxidation sites excluding steroid dienone is 1. The van der Waals surface area contributed by atoms with E-state index in [0.29, 0.717) is 24.4 Å². The Morgan fingerprint density at radius 3 is 2.17 bits per heavy atom. The van der Waals surface area contributed by atoms with Crippen molar-refractivity contribution in [2.24, 2.45) is 11.8 Å². The summed E-state index contributed by atoms with van der Waals surface area (Å²) in [5.74, 6) is 1.72. The maximum Gasteiger partial charge on any atom is 0.0847 e. The Hall–Kier alpha value is -0.340. The highest BCUT2D eigenvalue weighted by Crippen LogP contribution is 2.40. The molecule has 0 aromatic heterocycles. The first-order valence-corrected chi connectivity index (χ1v) is 7.73. The molecule has 0 aromatic carbocycles. The van der Waals surface area contributed by atoms with Gasteiger partial charge in [0.2, 0.25) is 0 Å². The molecule has 2 heteroatoms. The zero-order valence-corrected chi connectivity index (χ0v) is 11.5. The fourth-order valence-electron chi connectivity index (χ4n) is 3.51. The summed E-state index contributed by atoms with van der Waals surface area (Å²) in [6.45, 7) is 6.07. The lowest BCUT2D eigenvalue weighted by Crippen LogP contribution is -2.11. The van der Waals surface area contributed by atoms with E-state index in [4.69, 9.17) is 9.47 Å². The number of hydrogen-bond acceptors (Lipinski definition) is 2. The number of fused-ring (bicyclic) bond motifs is 2. The lowest BCUT2D eigenvalue weighted by molar-refractivity contribution is 0.357. The smallest absolute Gasteiger partial charge is 0.0847 e. The molecule has 2 aliphatic heterocycles. The molecule has 4 rings (SSSR count). The third-order valence-corrected chi connectivity index (χ3v) is 5.07. The van der Waals surface area contributed by atoms with Crippen molar-refractivity contribution in [3.05, 3.63) is 12.7 Å². The minimum atomic E-state index is 0.613. The van der Waals surface area contributed by atoms with Crippen LogP contribution in [-0.2, 0) is 9.47 Å². The molecule has 18 heavy (non-hydrogen) atoms. The van der Waals surface area contributed by atoms with E-state index in [1.807, 2.05) is 0 Å². The molecule has 2 aliphatic carbocycles. The van der Waals surface area contributed by atoms with Crippen LogP contribution in [0.15, 0.2) is 12.7 Å². The Bertz CT molecular complexity index is 301. The summed E-state index contributed by atoms with van der Waals surface area (Å²) in [4.78, 5) is 0. The lowest BCUT2D eigenvalue weighted by Gasteiger charge is -2.15. The summed E-state index contributed by atoms with van der Waals surface area (Å²) >= 11 is 0. The molecule has 0 aromatic rings. The summed E-state index contributed by atoms with van der Waals surface area (Å²) in [6, 6.07) is 0. The molecule has 0 N–H and O–H groups in total. The van der Waals surface area contributed by atoms with Crippen molar-refractivity contribution in [1.29, 1.82) is 0 Å². The van der Waals surface area contributed by atoms with Gasteiger partial charge in [-0.05, 0) is 50.4 Å². The van der Waals surface area contributed by atoms with Crippen LogP contribution in [0.2, 0.25) is 0 Å². The van der Waals surface area contributed by atoms with Crippen molar-refractivity contribution in [3.8, 4) is 0 Å². The predicted octanol–water partition coefficient (Wildman–Crippen LogP) is 3.70. The van der Waals surface area contributed by atoms with Crippen molar-refractivity contribution >= 4 is 0 Å². The number of hydrogen-bond donors (Lipinski definition) is 0. The Kier molecular flexibility index (Phi) is 3.76. The molecule has 102 valence electrons. The maximum atomic E-state index is 5.41. The summed E-state index contributed by atoms with van der Waals surface area (Å²) in [5.41, 5.74) is 0. The molecule has 0 bridgehead atoms. The average Bonchev–Trinajstić information content (AvgIpc) is 3.30. The molecule has 0 amide bonds. The van der Waals surface area contributed by atoms with Gasteiger partial charge in [0.25, 0.3) is 0 Å². The van der Waals surface area contributed by atoms with Crippen molar-refractivity contribution in [1.82, 2.24) is 0 Å². The summed E-state index contributed by atoms with van der Waals surface area (Å²) in [7, 11) is 0. The number of rotatable bonds is 2. The second-order valence-corrected chi connectivity index (χ2v) is 6.32. The number of epoxide rings is 2. The van der Waals surface area contributed by atoms with Crippen LogP contribution < -0.4 is 0 Å². The van der Waals surface area contributed by atoms with Crippen LogP contribution in [0.5, 0.6) is 0 Å². The van der Waals surface area contributed by atoms with Gasteiger partial charge in [0.05, 0.1) is 24.4 Å². The summed E-state index contributed by atoms with van der Waals surface area (Å²) < 4.78 is 10.8. The molecule has 6 unspecified atom stereocenters. The van der Waals surface area contributed by atoms with Crippen LogP contribution in [0.25, 0.3) is 0 Å². The fourth-order valence-corrected chi connectivity index (χ4v) is 3.51. The molecule has 2 heterocycles. The molecule has 2 nitrogen and oxygen atoms in total. The highest BCUT2D eigenvalue weighted by Gasteiger charge is 2.43. The van der Waals surface area contributed by atoms with Gasteiger partial charge in [0, 0.05) is 0 Å². The van der Waals surface area contributed by atoms with E-state index in [2.05, 4.69) is 19.6 Å². The Morgan fingerprint density at radius 1 is 0.944 bits per heavy atom. The summed E-state index contributed by atoms with van der Waals surface area (Å²) in [6.07, 6.45) is 13.9. The molecule has 4 fully saturated rings. The fraction of sp³-hybridized carbons (Fsp3) is 0.875. The van der Waals surface area contributed by atoms with Gasteiger partial charge in [-0.1, -0.05) is 19.4 Å². The molecule has 2 saturated carbocycles. The van der Waals surface area contributed by atoms with E-state index in [1.165, 1.54) is 44.9 Å². The molecule has 2 saturated heterocycles. The van der Waals surface area contributed by atoms with E-state index in [9.17, 15) is 0 Å². The molecule has 4 aliphatic rings. The molecular formula is C16H26O2. The van der Waals surface area contributed by atoms with Crippen LogP contribution in [-0.4, -0.2) is 24.4 Å². The van der Waals surface area contributed by atoms with Gasteiger partial charge >= 0.3 is 0 Å². The van der Waals surface area contributed by atoms with Gasteiger partial charge in [-0.3, -0.25) is 0 Å². The predicted molar refractivity (Wildman–Crippen MR) is 72.5 cm³/mol. The van der Waals surface area contributed by atoms with E-state index in [1.54, 1.807) is 0 Å². The number of ether oxygens (including phenoxy) is 2. The quantitative estimate of drug-likeness (QED) is 0.551. The Morgan fingerprint density at radius 2 is 1.61 bits per heavy atom. The average molecular weight is 250 g/mol. The highest BCUT2D eigenvalue weighted by atomic mass is 16.6. The van der Waals surface area contributed by atoms with Gasteiger partial charge in [0.15, 0.2) is 0 Å². The maximum absolute atomic E-state index is 5.41. The minimum Gasteiger partial charge on any atom is -0.370 e. The molecule has 0 radical (unpaired) electrons. The molecule has 6 atom stereocenters. The first kappa shape index (κ1) is 12.7. The van der Waals surface area contributed by atoms with Crippen molar-refractivity contribution in [3.63, 3.8) is 0 Å². The molecule has 0 spiro atoms. The van der Waals surface area contributed by atoms with Crippen molar-refractivity contribution < 1.29 is 9.47 Å². The van der Waals surface area contributed by atoms with Gasteiger partial charge in [-0.2, -0.15) is 0 Å². The van der Waals surface area contributed by atoms with Crippen LogP contribution in [0.4, 0.5) is 0 Å². The monoisotopic (exact) mass is 250 g/mol. The van der Waals surface area contributed by atoms with Gasteiger partial charge in [-0.15, -0.1) is 6.58 Å².